The number of carbonyl (C=O) groups excluding carboxylic acids is 1. The van der Waals surface area contributed by atoms with Gasteiger partial charge in [0, 0.05) is 22.7 Å². The molecule has 0 N–H and O–H groups in total. The topological polar surface area (TPSA) is 59.2 Å². The fourth-order valence-electron chi connectivity index (χ4n) is 3.12. The van der Waals surface area contributed by atoms with Crippen molar-refractivity contribution in [2.45, 2.75) is 50.4 Å². The van der Waals surface area contributed by atoms with Crippen LogP contribution in [0, 0.1) is 0 Å². The van der Waals surface area contributed by atoms with Crippen LogP contribution in [-0.4, -0.2) is 38.8 Å². The largest absolute Gasteiger partial charge is 0.411 e. The molecule has 128 valence electrons. The molecule has 24 heavy (non-hydrogen) atoms. The van der Waals surface area contributed by atoms with Gasteiger partial charge in [-0.25, -0.2) is 0 Å². The third-order valence-electron chi connectivity index (χ3n) is 4.28. The van der Waals surface area contributed by atoms with Crippen molar-refractivity contribution in [3.8, 4) is 11.5 Å². The summed E-state index contributed by atoms with van der Waals surface area (Å²) >= 11 is 7.25. The van der Waals surface area contributed by atoms with Crippen molar-refractivity contribution < 1.29 is 9.21 Å². The van der Waals surface area contributed by atoms with E-state index < -0.39 is 0 Å². The van der Waals surface area contributed by atoms with E-state index in [0.29, 0.717) is 34.0 Å². The van der Waals surface area contributed by atoms with Crippen LogP contribution in [-0.2, 0) is 4.79 Å². The van der Waals surface area contributed by atoms with E-state index >= 15 is 0 Å². The van der Waals surface area contributed by atoms with Gasteiger partial charge in [-0.05, 0) is 51.3 Å². The molecule has 5 nitrogen and oxygen atoms in total. The summed E-state index contributed by atoms with van der Waals surface area (Å²) in [7, 11) is 0. The van der Waals surface area contributed by atoms with E-state index in [4.69, 9.17) is 16.0 Å². The van der Waals surface area contributed by atoms with Crippen molar-refractivity contribution in [3.63, 3.8) is 0 Å². The molecule has 7 heteroatoms. The monoisotopic (exact) mass is 365 g/mol. The lowest BCUT2D eigenvalue weighted by atomic mass is 9.98. The maximum absolute atomic E-state index is 12.5. The standard InChI is InChI=1S/C17H20ClN3O2S/c1-11-5-3-6-12(2)21(11)15(22)10-24-17-20-19-16(23-17)13-7-4-8-14(18)9-13/h4,7-9,11-12H,3,5-6,10H2,1-2H3. The molecular weight excluding hydrogens is 346 g/mol. The first-order chi connectivity index (χ1) is 11.5. The van der Waals surface area contributed by atoms with Crippen molar-refractivity contribution in [1.29, 1.82) is 0 Å². The number of hydrogen-bond donors (Lipinski definition) is 0. The van der Waals surface area contributed by atoms with Gasteiger partial charge in [0.1, 0.15) is 0 Å². The fraction of sp³-hybridized carbons (Fsp3) is 0.471. The number of halogens is 1. The maximum atomic E-state index is 12.5. The van der Waals surface area contributed by atoms with Crippen LogP contribution in [0.15, 0.2) is 33.9 Å². The second kappa shape index (κ2) is 7.57. The highest BCUT2D eigenvalue weighted by Crippen LogP contribution is 2.27. The zero-order chi connectivity index (χ0) is 17.1. The molecule has 0 aliphatic carbocycles. The highest BCUT2D eigenvalue weighted by atomic mass is 35.5. The molecule has 0 radical (unpaired) electrons. The van der Waals surface area contributed by atoms with E-state index in [9.17, 15) is 4.79 Å². The van der Waals surface area contributed by atoms with Gasteiger partial charge < -0.3 is 9.32 Å². The molecule has 2 aromatic rings. The summed E-state index contributed by atoms with van der Waals surface area (Å²) in [6.45, 7) is 4.23. The highest BCUT2D eigenvalue weighted by Gasteiger charge is 2.29. The Balaban J connectivity index is 1.62. The lowest BCUT2D eigenvalue weighted by molar-refractivity contribution is -0.134. The van der Waals surface area contributed by atoms with Gasteiger partial charge in [0.05, 0.1) is 5.75 Å². The number of aromatic nitrogens is 2. The molecule has 0 bridgehead atoms. The summed E-state index contributed by atoms with van der Waals surface area (Å²) < 4.78 is 5.63. The summed E-state index contributed by atoms with van der Waals surface area (Å²) in [4.78, 5) is 14.5. The molecule has 1 amide bonds. The summed E-state index contributed by atoms with van der Waals surface area (Å²) in [5.74, 6) is 0.848. The number of rotatable bonds is 4. The number of nitrogens with zero attached hydrogens (tertiary/aromatic N) is 3. The second-order valence-electron chi connectivity index (χ2n) is 6.10. The number of amides is 1. The quantitative estimate of drug-likeness (QED) is 0.757. The van der Waals surface area contributed by atoms with Gasteiger partial charge >= 0.3 is 0 Å². The molecule has 1 aliphatic rings. The average Bonchev–Trinajstić information content (AvgIpc) is 3.02. The van der Waals surface area contributed by atoms with Crippen molar-refractivity contribution in [2.24, 2.45) is 0 Å². The third kappa shape index (κ3) is 3.92. The van der Waals surface area contributed by atoms with Crippen molar-refractivity contribution >= 4 is 29.3 Å². The van der Waals surface area contributed by atoms with Gasteiger partial charge in [0.15, 0.2) is 0 Å². The van der Waals surface area contributed by atoms with Gasteiger partial charge in [-0.1, -0.05) is 29.4 Å². The van der Waals surface area contributed by atoms with Crippen LogP contribution >= 0.6 is 23.4 Å². The molecule has 1 aromatic carbocycles. The van der Waals surface area contributed by atoms with Crippen LogP contribution < -0.4 is 0 Å². The zero-order valence-corrected chi connectivity index (χ0v) is 15.3. The molecule has 0 spiro atoms. The first-order valence-electron chi connectivity index (χ1n) is 8.08. The minimum Gasteiger partial charge on any atom is -0.411 e. The van der Waals surface area contributed by atoms with Crippen molar-refractivity contribution in [1.82, 2.24) is 15.1 Å². The van der Waals surface area contributed by atoms with E-state index in [1.165, 1.54) is 18.2 Å². The Morgan fingerprint density at radius 2 is 2.08 bits per heavy atom. The summed E-state index contributed by atoms with van der Waals surface area (Å²) in [6, 6.07) is 7.84. The first kappa shape index (κ1) is 17.3. The minimum absolute atomic E-state index is 0.127. The normalized spacial score (nSPS) is 21.0. The third-order valence-corrected chi connectivity index (χ3v) is 5.32. The van der Waals surface area contributed by atoms with E-state index in [1.54, 1.807) is 12.1 Å². The molecule has 1 fully saturated rings. The molecule has 1 aromatic heterocycles. The molecule has 1 saturated heterocycles. The fourth-order valence-corrected chi connectivity index (χ4v) is 3.94. The SMILES string of the molecule is CC1CCCC(C)N1C(=O)CSc1nnc(-c2cccc(Cl)c2)o1. The van der Waals surface area contributed by atoms with Crippen LogP contribution in [0.25, 0.3) is 11.5 Å². The minimum atomic E-state index is 0.127. The second-order valence-corrected chi connectivity index (χ2v) is 7.47. The predicted octanol–water partition coefficient (Wildman–Crippen LogP) is 4.27. The molecule has 2 atom stereocenters. The molecule has 1 aliphatic heterocycles. The number of piperidine rings is 1. The van der Waals surface area contributed by atoms with Crippen LogP contribution in [0.5, 0.6) is 0 Å². The summed E-state index contributed by atoms with van der Waals surface area (Å²) in [6.07, 6.45) is 3.33. The van der Waals surface area contributed by atoms with Gasteiger partial charge in [-0.3, -0.25) is 4.79 Å². The van der Waals surface area contributed by atoms with Crippen LogP contribution in [0.4, 0.5) is 0 Å². The smallest absolute Gasteiger partial charge is 0.277 e. The number of carbonyl (C=O) groups is 1. The molecule has 3 rings (SSSR count). The number of likely N-dealkylation sites (tertiary alicyclic amines) is 1. The summed E-state index contributed by atoms with van der Waals surface area (Å²) in [5, 5.41) is 9.05. The van der Waals surface area contributed by atoms with Crippen LogP contribution in [0.3, 0.4) is 0 Å². The van der Waals surface area contributed by atoms with E-state index in [0.717, 1.165) is 18.4 Å². The lowest BCUT2D eigenvalue weighted by Crippen LogP contribution is -2.48. The molecular formula is C17H20ClN3O2S. The van der Waals surface area contributed by atoms with Gasteiger partial charge in [0.25, 0.3) is 5.22 Å². The highest BCUT2D eigenvalue weighted by molar-refractivity contribution is 7.99. The van der Waals surface area contributed by atoms with E-state index in [2.05, 4.69) is 24.0 Å². The molecule has 2 unspecified atom stereocenters. The Bertz CT molecular complexity index is 711. The molecule has 2 heterocycles. The van der Waals surface area contributed by atoms with Gasteiger partial charge in [0.2, 0.25) is 11.8 Å². The van der Waals surface area contributed by atoms with Crippen LogP contribution in [0.1, 0.15) is 33.1 Å². The average molecular weight is 366 g/mol. The number of thioether (sulfide) groups is 1. The predicted molar refractivity (Wildman–Crippen MR) is 95.1 cm³/mol. The number of hydrogen-bond acceptors (Lipinski definition) is 5. The zero-order valence-electron chi connectivity index (χ0n) is 13.7. The Morgan fingerprint density at radius 3 is 2.79 bits per heavy atom. The first-order valence-corrected chi connectivity index (χ1v) is 9.44. The van der Waals surface area contributed by atoms with Crippen LogP contribution in [0.2, 0.25) is 5.02 Å². The Morgan fingerprint density at radius 1 is 1.33 bits per heavy atom. The Labute approximate surface area is 150 Å². The van der Waals surface area contributed by atoms with Gasteiger partial charge in [-0.15, -0.1) is 10.2 Å². The van der Waals surface area contributed by atoms with Gasteiger partial charge in [-0.2, -0.15) is 0 Å². The summed E-state index contributed by atoms with van der Waals surface area (Å²) in [5.41, 5.74) is 0.770. The van der Waals surface area contributed by atoms with E-state index in [1.807, 2.05) is 17.0 Å². The lowest BCUT2D eigenvalue weighted by Gasteiger charge is -2.39. The Kier molecular flexibility index (Phi) is 5.46. The maximum Gasteiger partial charge on any atom is 0.277 e. The number of benzene rings is 1. The van der Waals surface area contributed by atoms with E-state index in [-0.39, 0.29) is 5.91 Å². The van der Waals surface area contributed by atoms with Crippen molar-refractivity contribution in [2.75, 3.05) is 5.75 Å². The molecule has 0 saturated carbocycles. The Hall–Kier alpha value is -1.53. The van der Waals surface area contributed by atoms with Crippen molar-refractivity contribution in [3.05, 3.63) is 29.3 Å².